The number of nitrogens with one attached hydrogen (secondary N) is 1. The van der Waals surface area contributed by atoms with E-state index >= 15 is 0 Å². The van der Waals surface area contributed by atoms with Crippen LogP contribution in [-0.4, -0.2) is 71.3 Å². The number of nitrogens with zero attached hydrogens (tertiary/aromatic N) is 1. The van der Waals surface area contributed by atoms with Gasteiger partial charge >= 0.3 is 5.97 Å². The van der Waals surface area contributed by atoms with Crippen molar-refractivity contribution in [3.63, 3.8) is 0 Å². The molecule has 0 radical (unpaired) electrons. The molecule has 0 aliphatic carbocycles. The van der Waals surface area contributed by atoms with Gasteiger partial charge in [0.05, 0.1) is 6.61 Å². The molecule has 1 aliphatic rings. The molecule has 1 saturated heterocycles. The Labute approximate surface area is 168 Å². The zero-order valence-corrected chi connectivity index (χ0v) is 16.8. The Morgan fingerprint density at radius 2 is 2.00 bits per heavy atom. The van der Waals surface area contributed by atoms with E-state index in [2.05, 4.69) is 5.32 Å². The molecule has 2 atom stereocenters. The van der Waals surface area contributed by atoms with Crippen LogP contribution in [0.1, 0.15) is 31.1 Å². The van der Waals surface area contributed by atoms with Crippen molar-refractivity contribution in [1.82, 2.24) is 10.2 Å². The second-order valence-corrected chi connectivity index (χ2v) is 7.82. The molecule has 0 saturated carbocycles. The number of aliphatic hydroxyl groups is 2. The van der Waals surface area contributed by atoms with Crippen LogP contribution in [0.4, 0.5) is 0 Å². The Morgan fingerprint density at radius 1 is 1.29 bits per heavy atom. The Bertz CT molecular complexity index is 643. The summed E-state index contributed by atoms with van der Waals surface area (Å²) >= 11 is 1.57. The summed E-state index contributed by atoms with van der Waals surface area (Å²) in [5, 5.41) is 24.6. The predicted molar refractivity (Wildman–Crippen MR) is 104 cm³/mol. The van der Waals surface area contributed by atoms with E-state index in [0.717, 1.165) is 4.88 Å². The number of ether oxygens (including phenoxy) is 1. The van der Waals surface area contributed by atoms with Gasteiger partial charge in [-0.2, -0.15) is 0 Å². The highest BCUT2D eigenvalue weighted by atomic mass is 32.1. The van der Waals surface area contributed by atoms with Gasteiger partial charge in [0.15, 0.2) is 12.2 Å². The third kappa shape index (κ3) is 6.57. The molecule has 1 aliphatic heterocycles. The number of hydrogen-bond donors (Lipinski definition) is 3. The number of esters is 1. The number of amides is 2. The lowest BCUT2D eigenvalue weighted by Crippen LogP contribution is -2.52. The number of carbonyl (C=O) groups excluding carboxylic acids is 3. The Morgan fingerprint density at radius 3 is 2.61 bits per heavy atom. The lowest BCUT2D eigenvalue weighted by Gasteiger charge is -2.33. The van der Waals surface area contributed by atoms with Crippen LogP contribution in [0.2, 0.25) is 0 Å². The number of rotatable bonds is 9. The van der Waals surface area contributed by atoms with Gasteiger partial charge < -0.3 is 25.2 Å². The summed E-state index contributed by atoms with van der Waals surface area (Å²) in [7, 11) is 0. The molecular weight excluding hydrogens is 384 g/mol. The summed E-state index contributed by atoms with van der Waals surface area (Å²) in [5.41, 5.74) is 0. The van der Waals surface area contributed by atoms with E-state index in [1.165, 1.54) is 4.90 Å². The topological polar surface area (TPSA) is 116 Å². The van der Waals surface area contributed by atoms with Gasteiger partial charge in [-0.05, 0) is 43.6 Å². The van der Waals surface area contributed by atoms with Gasteiger partial charge in [-0.15, -0.1) is 11.3 Å². The second kappa shape index (κ2) is 11.1. The molecular formula is C19H28N2O6S. The number of carbonyl (C=O) groups is 3. The zero-order chi connectivity index (χ0) is 20.5. The fourth-order valence-electron chi connectivity index (χ4n) is 3.15. The van der Waals surface area contributed by atoms with E-state index < -0.39 is 24.0 Å². The molecule has 0 spiro atoms. The monoisotopic (exact) mass is 412 g/mol. The highest BCUT2D eigenvalue weighted by Crippen LogP contribution is 2.22. The zero-order valence-electron chi connectivity index (χ0n) is 16.0. The average molecular weight is 413 g/mol. The lowest BCUT2D eigenvalue weighted by molar-refractivity contribution is -0.154. The van der Waals surface area contributed by atoms with Gasteiger partial charge in [0.1, 0.15) is 0 Å². The number of likely N-dealkylation sites (tertiary alicyclic amines) is 1. The fourth-order valence-corrected chi connectivity index (χ4v) is 3.86. The number of thiophene rings is 1. The summed E-state index contributed by atoms with van der Waals surface area (Å²) in [4.78, 5) is 38.4. The second-order valence-electron chi connectivity index (χ2n) is 6.79. The van der Waals surface area contributed by atoms with Crippen LogP contribution in [0.25, 0.3) is 0 Å². The van der Waals surface area contributed by atoms with Gasteiger partial charge in [-0.25, -0.2) is 0 Å². The summed E-state index contributed by atoms with van der Waals surface area (Å²) in [6.07, 6.45) is -1.46. The van der Waals surface area contributed by atoms with Crippen molar-refractivity contribution in [2.75, 3.05) is 26.2 Å². The van der Waals surface area contributed by atoms with Crippen molar-refractivity contribution in [3.05, 3.63) is 22.4 Å². The minimum atomic E-state index is -1.81. The molecule has 2 heterocycles. The molecule has 0 aromatic carbocycles. The molecule has 1 fully saturated rings. The van der Waals surface area contributed by atoms with Crippen molar-refractivity contribution in [1.29, 1.82) is 0 Å². The maximum absolute atomic E-state index is 12.4. The molecule has 9 heteroatoms. The summed E-state index contributed by atoms with van der Waals surface area (Å²) in [6, 6.07) is 3.85. The van der Waals surface area contributed by atoms with E-state index in [9.17, 15) is 24.6 Å². The van der Waals surface area contributed by atoms with E-state index in [-0.39, 0.29) is 11.9 Å². The quantitative estimate of drug-likeness (QED) is 0.503. The Balaban J connectivity index is 1.73. The van der Waals surface area contributed by atoms with E-state index in [0.29, 0.717) is 51.9 Å². The van der Waals surface area contributed by atoms with Crippen molar-refractivity contribution >= 4 is 29.1 Å². The third-order valence-corrected chi connectivity index (χ3v) is 5.69. The standard InChI is InChI=1S/C19H28N2O6S/c1-2-27-15(22)12-13-6-9-21(10-7-13)19(26)17(24)16(23)18(25)20-8-5-14-4-3-11-28-14/h3-4,11,13,16-17,23-24H,2,5-10,12H2,1H3,(H,20,25)/t16-,17-/m1/s1. The maximum atomic E-state index is 12.4. The van der Waals surface area contributed by atoms with Crippen molar-refractivity contribution < 1.29 is 29.3 Å². The van der Waals surface area contributed by atoms with Gasteiger partial charge in [0, 0.05) is 30.9 Å². The largest absolute Gasteiger partial charge is 0.466 e. The number of hydrogen-bond acceptors (Lipinski definition) is 7. The highest BCUT2D eigenvalue weighted by Gasteiger charge is 2.35. The fraction of sp³-hybridized carbons (Fsp3) is 0.632. The Hall–Kier alpha value is -1.97. The van der Waals surface area contributed by atoms with Crippen LogP contribution in [-0.2, 0) is 25.5 Å². The molecule has 0 bridgehead atoms. The SMILES string of the molecule is CCOC(=O)CC1CCN(C(=O)[C@H](O)[C@@H](O)C(=O)NCCc2cccs2)CC1. The van der Waals surface area contributed by atoms with E-state index in [1.54, 1.807) is 18.3 Å². The average Bonchev–Trinajstić information content (AvgIpc) is 3.20. The van der Waals surface area contributed by atoms with Crippen molar-refractivity contribution in [2.24, 2.45) is 5.92 Å². The van der Waals surface area contributed by atoms with Crippen molar-refractivity contribution in [2.45, 2.75) is 44.8 Å². The van der Waals surface area contributed by atoms with Gasteiger partial charge in [-0.3, -0.25) is 14.4 Å². The summed E-state index contributed by atoms with van der Waals surface area (Å²) in [6.45, 7) is 3.15. The van der Waals surface area contributed by atoms with Gasteiger partial charge in [-0.1, -0.05) is 6.07 Å². The van der Waals surface area contributed by atoms with E-state index in [4.69, 9.17) is 4.74 Å². The van der Waals surface area contributed by atoms with Gasteiger partial charge in [0.2, 0.25) is 0 Å². The molecule has 2 rings (SSSR count). The minimum Gasteiger partial charge on any atom is -0.466 e. The van der Waals surface area contributed by atoms with Crippen LogP contribution in [0.3, 0.4) is 0 Å². The van der Waals surface area contributed by atoms with Crippen LogP contribution >= 0.6 is 11.3 Å². The third-order valence-electron chi connectivity index (χ3n) is 4.76. The van der Waals surface area contributed by atoms with Crippen LogP contribution in [0, 0.1) is 5.92 Å². The molecule has 1 aromatic rings. The molecule has 2 amide bonds. The van der Waals surface area contributed by atoms with Crippen LogP contribution in [0.5, 0.6) is 0 Å². The highest BCUT2D eigenvalue weighted by molar-refractivity contribution is 7.09. The number of aliphatic hydroxyl groups excluding tert-OH is 2. The first-order valence-electron chi connectivity index (χ1n) is 9.53. The first-order valence-corrected chi connectivity index (χ1v) is 10.4. The molecule has 28 heavy (non-hydrogen) atoms. The molecule has 8 nitrogen and oxygen atoms in total. The summed E-state index contributed by atoms with van der Waals surface area (Å²) in [5.74, 6) is -1.56. The minimum absolute atomic E-state index is 0.130. The van der Waals surface area contributed by atoms with Crippen LogP contribution < -0.4 is 5.32 Å². The summed E-state index contributed by atoms with van der Waals surface area (Å²) < 4.78 is 4.93. The molecule has 156 valence electrons. The molecule has 0 unspecified atom stereocenters. The predicted octanol–water partition coefficient (Wildman–Crippen LogP) is 0.320. The lowest BCUT2D eigenvalue weighted by atomic mass is 9.93. The number of piperidine rings is 1. The van der Waals surface area contributed by atoms with E-state index in [1.807, 2.05) is 17.5 Å². The smallest absolute Gasteiger partial charge is 0.306 e. The van der Waals surface area contributed by atoms with Crippen LogP contribution in [0.15, 0.2) is 17.5 Å². The molecule has 3 N–H and O–H groups in total. The maximum Gasteiger partial charge on any atom is 0.306 e. The first kappa shape index (κ1) is 22.3. The normalized spacial score (nSPS) is 17.0. The molecule has 1 aromatic heterocycles. The first-order chi connectivity index (χ1) is 13.4. The van der Waals surface area contributed by atoms with Crippen molar-refractivity contribution in [3.8, 4) is 0 Å². The Kier molecular flexibility index (Phi) is 8.88. The van der Waals surface area contributed by atoms with Gasteiger partial charge in [0.25, 0.3) is 11.8 Å².